The highest BCUT2D eigenvalue weighted by molar-refractivity contribution is 5.81. The van der Waals surface area contributed by atoms with Gasteiger partial charge in [0.05, 0.1) is 0 Å². The zero-order chi connectivity index (χ0) is 16.1. The van der Waals surface area contributed by atoms with Gasteiger partial charge in [-0.3, -0.25) is 9.69 Å². The van der Waals surface area contributed by atoms with Gasteiger partial charge in [-0.15, -0.1) is 0 Å². The van der Waals surface area contributed by atoms with Gasteiger partial charge >= 0.3 is 0 Å². The number of anilines is 1. The third kappa shape index (κ3) is 3.87. The van der Waals surface area contributed by atoms with Crippen LogP contribution >= 0.6 is 0 Å². The number of nitrogens with two attached hydrogens (primary N) is 1. The molecule has 120 valence electrons. The van der Waals surface area contributed by atoms with Crippen LogP contribution in [-0.2, 0) is 4.79 Å². The number of likely N-dealkylation sites (tertiary alicyclic amines) is 1. The lowest BCUT2D eigenvalue weighted by molar-refractivity contribution is -0.123. The number of carbonyl (C=O) groups is 1. The van der Waals surface area contributed by atoms with Gasteiger partial charge in [0.25, 0.3) is 0 Å². The van der Waals surface area contributed by atoms with Crippen molar-refractivity contribution in [3.63, 3.8) is 0 Å². The highest BCUT2D eigenvalue weighted by Gasteiger charge is 2.32. The first-order chi connectivity index (χ1) is 11.2. The molecule has 2 heterocycles. The maximum atomic E-state index is 11.9. The first-order valence-corrected chi connectivity index (χ1v) is 7.97. The molecule has 0 bridgehead atoms. The first kappa shape index (κ1) is 15.5. The molecule has 1 aliphatic heterocycles. The zero-order valence-electron chi connectivity index (χ0n) is 13.1. The number of rotatable bonds is 6. The molecule has 1 saturated heterocycles. The Bertz CT molecular complexity index is 632. The van der Waals surface area contributed by atoms with Crippen molar-refractivity contribution in [3.05, 3.63) is 60.3 Å². The number of amides is 1. The molecular weight excluding hydrogens is 288 g/mol. The van der Waals surface area contributed by atoms with Crippen molar-refractivity contribution in [1.29, 1.82) is 0 Å². The van der Waals surface area contributed by atoms with Gasteiger partial charge in [0.2, 0.25) is 5.91 Å². The highest BCUT2D eigenvalue weighted by atomic mass is 16.1. The number of nitrogens with zero attached hydrogens (tertiary/aromatic N) is 2. The zero-order valence-corrected chi connectivity index (χ0v) is 13.1. The Balaban J connectivity index is 1.60. The van der Waals surface area contributed by atoms with Crippen molar-refractivity contribution in [2.75, 3.05) is 25.0 Å². The van der Waals surface area contributed by atoms with Crippen LogP contribution in [0.2, 0.25) is 0 Å². The van der Waals surface area contributed by atoms with E-state index in [0.29, 0.717) is 5.92 Å². The molecule has 5 heteroatoms. The van der Waals surface area contributed by atoms with E-state index < -0.39 is 0 Å². The molecule has 0 unspecified atom stereocenters. The van der Waals surface area contributed by atoms with Crippen LogP contribution in [0.4, 0.5) is 5.82 Å². The third-order valence-electron chi connectivity index (χ3n) is 4.30. The minimum absolute atomic E-state index is 0.283. The molecule has 1 aromatic carbocycles. The number of benzene rings is 1. The minimum atomic E-state index is -0.337. The lowest BCUT2D eigenvalue weighted by atomic mass is 10.0. The van der Waals surface area contributed by atoms with Crippen molar-refractivity contribution in [3.8, 4) is 0 Å². The molecule has 1 amide bonds. The van der Waals surface area contributed by atoms with E-state index in [1.54, 1.807) is 6.20 Å². The maximum absolute atomic E-state index is 11.9. The van der Waals surface area contributed by atoms with Gasteiger partial charge in [0.1, 0.15) is 11.9 Å². The highest BCUT2D eigenvalue weighted by Crippen LogP contribution is 2.27. The second kappa shape index (κ2) is 7.24. The molecule has 0 saturated carbocycles. The van der Waals surface area contributed by atoms with E-state index in [-0.39, 0.29) is 11.9 Å². The first-order valence-electron chi connectivity index (χ1n) is 7.97. The monoisotopic (exact) mass is 310 g/mol. The summed E-state index contributed by atoms with van der Waals surface area (Å²) in [6.07, 6.45) is 2.83. The SMILES string of the molecule is NC(=O)[C@H](c1ccccc1)N1CC[C@@H](CNc2ccccn2)C1. The average molecular weight is 310 g/mol. The second-order valence-electron chi connectivity index (χ2n) is 5.96. The van der Waals surface area contributed by atoms with E-state index in [1.807, 2.05) is 48.5 Å². The predicted molar refractivity (Wildman–Crippen MR) is 90.8 cm³/mol. The van der Waals surface area contributed by atoms with Crippen LogP contribution in [0.25, 0.3) is 0 Å². The lowest BCUT2D eigenvalue weighted by Gasteiger charge is -2.25. The topological polar surface area (TPSA) is 71.2 Å². The summed E-state index contributed by atoms with van der Waals surface area (Å²) in [5.74, 6) is 1.09. The van der Waals surface area contributed by atoms with Crippen molar-refractivity contribution in [1.82, 2.24) is 9.88 Å². The molecule has 0 aliphatic carbocycles. The molecular formula is C18H22N4O. The fourth-order valence-electron chi connectivity index (χ4n) is 3.17. The lowest BCUT2D eigenvalue weighted by Crippen LogP contribution is -2.36. The summed E-state index contributed by atoms with van der Waals surface area (Å²) in [6.45, 7) is 2.60. The number of hydrogen-bond donors (Lipinski definition) is 2. The Morgan fingerprint density at radius 2 is 2.04 bits per heavy atom. The Labute approximate surface area is 136 Å². The predicted octanol–water partition coefficient (Wildman–Crippen LogP) is 2.04. The summed E-state index contributed by atoms with van der Waals surface area (Å²) in [5, 5.41) is 3.36. The summed E-state index contributed by atoms with van der Waals surface area (Å²) in [4.78, 5) is 18.4. The smallest absolute Gasteiger partial charge is 0.239 e. The van der Waals surface area contributed by atoms with Gasteiger partial charge in [0, 0.05) is 19.3 Å². The van der Waals surface area contributed by atoms with Crippen molar-refractivity contribution < 1.29 is 4.79 Å². The van der Waals surface area contributed by atoms with E-state index in [0.717, 1.165) is 37.4 Å². The molecule has 3 N–H and O–H groups in total. The second-order valence-corrected chi connectivity index (χ2v) is 5.96. The van der Waals surface area contributed by atoms with Crippen LogP contribution in [0.3, 0.4) is 0 Å². The molecule has 1 aromatic heterocycles. The number of carbonyl (C=O) groups excluding carboxylic acids is 1. The van der Waals surface area contributed by atoms with Crippen LogP contribution in [0.1, 0.15) is 18.0 Å². The van der Waals surface area contributed by atoms with E-state index in [2.05, 4.69) is 15.2 Å². The minimum Gasteiger partial charge on any atom is -0.370 e. The van der Waals surface area contributed by atoms with Gasteiger partial charge in [-0.2, -0.15) is 0 Å². The Morgan fingerprint density at radius 3 is 2.74 bits per heavy atom. The van der Waals surface area contributed by atoms with Gasteiger partial charge in [0.15, 0.2) is 0 Å². The largest absolute Gasteiger partial charge is 0.370 e. The molecule has 2 aromatic rings. The van der Waals surface area contributed by atoms with E-state index in [9.17, 15) is 4.79 Å². The summed E-state index contributed by atoms with van der Waals surface area (Å²) in [7, 11) is 0. The maximum Gasteiger partial charge on any atom is 0.239 e. The average Bonchev–Trinajstić information content (AvgIpc) is 3.03. The molecule has 1 fully saturated rings. The van der Waals surface area contributed by atoms with Crippen LogP contribution in [0, 0.1) is 5.92 Å². The number of hydrogen-bond acceptors (Lipinski definition) is 4. The third-order valence-corrected chi connectivity index (χ3v) is 4.30. The van der Waals surface area contributed by atoms with Crippen LogP contribution in [-0.4, -0.2) is 35.4 Å². The number of pyridine rings is 1. The molecule has 5 nitrogen and oxygen atoms in total. The van der Waals surface area contributed by atoms with Gasteiger partial charge in [-0.05, 0) is 36.6 Å². The van der Waals surface area contributed by atoms with Crippen LogP contribution in [0.15, 0.2) is 54.7 Å². The van der Waals surface area contributed by atoms with E-state index in [1.165, 1.54) is 0 Å². The fourth-order valence-corrected chi connectivity index (χ4v) is 3.17. The number of aromatic nitrogens is 1. The van der Waals surface area contributed by atoms with Crippen LogP contribution in [0.5, 0.6) is 0 Å². The summed E-state index contributed by atoms with van der Waals surface area (Å²) < 4.78 is 0. The standard InChI is InChI=1S/C18H22N4O/c19-18(23)17(15-6-2-1-3-7-15)22-11-9-14(13-22)12-21-16-8-4-5-10-20-16/h1-8,10,14,17H,9,11-13H2,(H2,19,23)(H,20,21)/t14-,17-/m0/s1. The molecule has 2 atom stereocenters. The van der Waals surface area contributed by atoms with Crippen molar-refractivity contribution >= 4 is 11.7 Å². The van der Waals surface area contributed by atoms with Gasteiger partial charge < -0.3 is 11.1 Å². The normalized spacial score (nSPS) is 19.4. The molecule has 3 rings (SSSR count). The van der Waals surface area contributed by atoms with Gasteiger partial charge in [-0.25, -0.2) is 4.98 Å². The summed E-state index contributed by atoms with van der Waals surface area (Å²) >= 11 is 0. The van der Waals surface area contributed by atoms with Crippen molar-refractivity contribution in [2.24, 2.45) is 11.7 Å². The number of nitrogens with one attached hydrogen (secondary N) is 1. The Hall–Kier alpha value is -2.40. The van der Waals surface area contributed by atoms with E-state index in [4.69, 9.17) is 5.73 Å². The van der Waals surface area contributed by atoms with E-state index >= 15 is 0 Å². The molecule has 0 spiro atoms. The number of primary amides is 1. The Kier molecular flexibility index (Phi) is 4.88. The fraction of sp³-hybridized carbons (Fsp3) is 0.333. The summed E-state index contributed by atoms with van der Waals surface area (Å²) in [5.41, 5.74) is 6.62. The Morgan fingerprint density at radius 1 is 1.26 bits per heavy atom. The van der Waals surface area contributed by atoms with Gasteiger partial charge in [-0.1, -0.05) is 36.4 Å². The molecule has 0 radical (unpaired) electrons. The van der Waals surface area contributed by atoms with Crippen molar-refractivity contribution in [2.45, 2.75) is 12.5 Å². The summed E-state index contributed by atoms with van der Waals surface area (Å²) in [6, 6.07) is 15.3. The quantitative estimate of drug-likeness (QED) is 0.856. The molecule has 1 aliphatic rings. The molecule has 23 heavy (non-hydrogen) atoms. The van der Waals surface area contributed by atoms with Crippen LogP contribution < -0.4 is 11.1 Å².